The fourth-order valence-corrected chi connectivity index (χ4v) is 4.15. The Morgan fingerprint density at radius 1 is 1.39 bits per heavy atom. The van der Waals surface area contributed by atoms with Crippen molar-refractivity contribution in [1.82, 2.24) is 0 Å². The lowest BCUT2D eigenvalue weighted by atomic mass is 9.54. The topological polar surface area (TPSA) is 46.5 Å². The molecule has 1 N–H and O–H groups in total. The van der Waals surface area contributed by atoms with Crippen LogP contribution in [-0.2, 0) is 9.53 Å². The predicted octanol–water partition coefficient (Wildman–Crippen LogP) is 2.21. The summed E-state index contributed by atoms with van der Waals surface area (Å²) in [5.41, 5.74) is 1.54. The number of carbonyl (C=O) groups excluding carboxylic acids is 1. The first-order valence-corrected chi connectivity index (χ1v) is 6.70. The summed E-state index contributed by atoms with van der Waals surface area (Å²) in [5.74, 6) is -0.0528. The van der Waals surface area contributed by atoms with E-state index in [4.69, 9.17) is 4.74 Å². The van der Waals surface area contributed by atoms with E-state index in [2.05, 4.69) is 20.1 Å². The summed E-state index contributed by atoms with van der Waals surface area (Å²) in [6.07, 6.45) is 2.93. The van der Waals surface area contributed by atoms with Gasteiger partial charge >= 0.3 is 5.97 Å². The molecule has 0 aromatic carbocycles. The average Bonchev–Trinajstić information content (AvgIpc) is 2.60. The van der Waals surface area contributed by atoms with Gasteiger partial charge in [-0.3, -0.25) is 0 Å². The largest absolute Gasteiger partial charge is 0.458 e. The summed E-state index contributed by atoms with van der Waals surface area (Å²) in [6.45, 7) is 10.1. The molecule has 1 heterocycles. The van der Waals surface area contributed by atoms with Crippen molar-refractivity contribution in [3.8, 4) is 0 Å². The Balaban J connectivity index is 2.00. The van der Waals surface area contributed by atoms with Gasteiger partial charge < -0.3 is 9.84 Å². The van der Waals surface area contributed by atoms with Gasteiger partial charge in [0.05, 0.1) is 6.10 Å². The molecule has 0 bridgehead atoms. The van der Waals surface area contributed by atoms with Gasteiger partial charge in [0.15, 0.2) is 0 Å². The van der Waals surface area contributed by atoms with Gasteiger partial charge in [0.25, 0.3) is 0 Å². The Labute approximate surface area is 108 Å². The summed E-state index contributed by atoms with van der Waals surface area (Å²) in [5, 5.41) is 10.3. The second-order valence-electron chi connectivity index (χ2n) is 6.24. The number of hydrogen-bond acceptors (Lipinski definition) is 3. The molecular formula is C15H20O3. The van der Waals surface area contributed by atoms with Crippen molar-refractivity contribution in [3.05, 3.63) is 24.3 Å². The molecule has 4 unspecified atom stereocenters. The Bertz CT molecular complexity index is 439. The number of rotatable bonds is 0. The molecular weight excluding hydrogens is 228 g/mol. The Kier molecular flexibility index (Phi) is 2.46. The molecule has 0 aromatic rings. The lowest BCUT2D eigenvalue weighted by Crippen LogP contribution is -2.53. The molecule has 0 radical (unpaired) electrons. The van der Waals surface area contributed by atoms with Gasteiger partial charge in [0.1, 0.15) is 6.10 Å². The first-order valence-electron chi connectivity index (χ1n) is 6.70. The summed E-state index contributed by atoms with van der Waals surface area (Å²) in [4.78, 5) is 11.7. The van der Waals surface area contributed by atoms with Gasteiger partial charge in [-0.15, -0.1) is 0 Å². The zero-order chi connectivity index (χ0) is 13.1. The highest BCUT2D eigenvalue weighted by Crippen LogP contribution is 2.57. The van der Waals surface area contributed by atoms with Crippen molar-refractivity contribution < 1.29 is 14.6 Å². The van der Waals surface area contributed by atoms with Crippen molar-refractivity contribution in [1.29, 1.82) is 0 Å². The van der Waals surface area contributed by atoms with Crippen LogP contribution in [0.4, 0.5) is 0 Å². The van der Waals surface area contributed by atoms with Crippen LogP contribution in [-0.4, -0.2) is 23.3 Å². The van der Waals surface area contributed by atoms with Crippen LogP contribution in [0.5, 0.6) is 0 Å². The fraction of sp³-hybridized carbons (Fsp3) is 0.667. The Morgan fingerprint density at radius 3 is 2.83 bits per heavy atom. The fourth-order valence-electron chi connectivity index (χ4n) is 4.15. The molecule has 1 saturated heterocycles. The van der Waals surface area contributed by atoms with E-state index in [0.717, 1.165) is 31.3 Å². The van der Waals surface area contributed by atoms with Crippen molar-refractivity contribution in [2.24, 2.45) is 17.3 Å². The van der Waals surface area contributed by atoms with Crippen LogP contribution in [0.1, 0.15) is 32.6 Å². The van der Waals surface area contributed by atoms with Gasteiger partial charge in [-0.1, -0.05) is 25.7 Å². The summed E-state index contributed by atoms with van der Waals surface area (Å²) >= 11 is 0. The Morgan fingerprint density at radius 2 is 2.11 bits per heavy atom. The summed E-state index contributed by atoms with van der Waals surface area (Å²) in [7, 11) is 0. The van der Waals surface area contributed by atoms with Crippen LogP contribution < -0.4 is 0 Å². The smallest absolute Gasteiger partial charge is 0.334 e. The second-order valence-corrected chi connectivity index (χ2v) is 6.24. The van der Waals surface area contributed by atoms with E-state index < -0.39 is 0 Å². The average molecular weight is 248 g/mol. The molecule has 18 heavy (non-hydrogen) atoms. The van der Waals surface area contributed by atoms with Crippen molar-refractivity contribution >= 4 is 5.97 Å². The molecule has 2 saturated carbocycles. The molecule has 3 nitrogen and oxygen atoms in total. The molecule has 3 fully saturated rings. The number of ether oxygens (including phenoxy) is 1. The number of esters is 1. The van der Waals surface area contributed by atoms with E-state index in [9.17, 15) is 9.90 Å². The van der Waals surface area contributed by atoms with Gasteiger partial charge in [-0.05, 0) is 25.7 Å². The SMILES string of the molecule is C=C1C(=O)OC2C1CC[C@@]1(C)C(O)CCC(=C)C21. The lowest BCUT2D eigenvalue weighted by Gasteiger charge is -2.52. The number of fused-ring (bicyclic) bond motifs is 3. The molecule has 1 aliphatic heterocycles. The normalized spacial score (nSPS) is 47.6. The van der Waals surface area contributed by atoms with E-state index in [1.807, 2.05) is 0 Å². The zero-order valence-corrected chi connectivity index (χ0v) is 10.8. The molecule has 3 rings (SSSR count). The maximum atomic E-state index is 11.7. The third kappa shape index (κ3) is 1.37. The molecule has 0 spiro atoms. The standard InChI is InChI=1S/C15H20O3/c1-8-4-5-11(16)15(3)7-6-10-9(2)14(17)18-13(10)12(8)15/h10-13,16H,1-2,4-7H2,3H3/t10?,11?,12?,13?,15-/m0/s1. The lowest BCUT2D eigenvalue weighted by molar-refractivity contribution is -0.150. The Hall–Kier alpha value is -1.09. The molecule has 2 aliphatic carbocycles. The minimum atomic E-state index is -0.318. The molecule has 98 valence electrons. The van der Waals surface area contributed by atoms with Gasteiger partial charge in [-0.2, -0.15) is 0 Å². The number of aliphatic hydroxyl groups excluding tert-OH is 1. The zero-order valence-electron chi connectivity index (χ0n) is 10.8. The van der Waals surface area contributed by atoms with Crippen molar-refractivity contribution in [2.45, 2.75) is 44.8 Å². The molecule has 0 aromatic heterocycles. The van der Waals surface area contributed by atoms with E-state index in [-0.39, 0.29) is 35.4 Å². The minimum Gasteiger partial charge on any atom is -0.458 e. The minimum absolute atomic E-state index is 0.0863. The number of hydrogen-bond donors (Lipinski definition) is 1. The maximum Gasteiger partial charge on any atom is 0.334 e. The van der Waals surface area contributed by atoms with E-state index in [1.54, 1.807) is 0 Å². The van der Waals surface area contributed by atoms with Gasteiger partial charge in [0.2, 0.25) is 0 Å². The number of aliphatic hydroxyl groups is 1. The summed E-state index contributed by atoms with van der Waals surface area (Å²) in [6, 6.07) is 0. The number of carbonyl (C=O) groups is 1. The van der Waals surface area contributed by atoms with E-state index in [0.29, 0.717) is 5.57 Å². The highest BCUT2D eigenvalue weighted by molar-refractivity contribution is 5.91. The van der Waals surface area contributed by atoms with Crippen LogP contribution in [0.3, 0.4) is 0 Å². The van der Waals surface area contributed by atoms with Crippen LogP contribution in [0.2, 0.25) is 0 Å². The van der Waals surface area contributed by atoms with Gasteiger partial charge in [0, 0.05) is 22.8 Å². The predicted molar refractivity (Wildman–Crippen MR) is 67.7 cm³/mol. The second kappa shape index (κ2) is 3.70. The van der Waals surface area contributed by atoms with Crippen LogP contribution in [0, 0.1) is 17.3 Å². The maximum absolute atomic E-state index is 11.7. The first-order chi connectivity index (χ1) is 8.45. The van der Waals surface area contributed by atoms with Crippen LogP contribution in [0.15, 0.2) is 24.3 Å². The monoisotopic (exact) mass is 248 g/mol. The van der Waals surface area contributed by atoms with E-state index in [1.165, 1.54) is 0 Å². The molecule has 3 aliphatic rings. The molecule has 5 atom stereocenters. The quantitative estimate of drug-likeness (QED) is 0.406. The highest BCUT2D eigenvalue weighted by Gasteiger charge is 2.57. The third-order valence-electron chi connectivity index (χ3n) is 5.32. The van der Waals surface area contributed by atoms with Crippen molar-refractivity contribution in [2.75, 3.05) is 0 Å². The van der Waals surface area contributed by atoms with Crippen LogP contribution >= 0.6 is 0 Å². The summed E-state index contributed by atoms with van der Waals surface area (Å²) < 4.78 is 5.52. The third-order valence-corrected chi connectivity index (χ3v) is 5.32. The van der Waals surface area contributed by atoms with Crippen molar-refractivity contribution in [3.63, 3.8) is 0 Å². The highest BCUT2D eigenvalue weighted by atomic mass is 16.6. The first kappa shape index (κ1) is 12.0. The van der Waals surface area contributed by atoms with Crippen LogP contribution in [0.25, 0.3) is 0 Å². The van der Waals surface area contributed by atoms with Gasteiger partial charge in [-0.25, -0.2) is 4.79 Å². The van der Waals surface area contributed by atoms with E-state index >= 15 is 0 Å². The molecule has 3 heteroatoms. The molecule has 0 amide bonds.